The lowest BCUT2D eigenvalue weighted by Gasteiger charge is -2.06. The van der Waals surface area contributed by atoms with Crippen LogP contribution in [0.25, 0.3) is 0 Å². The monoisotopic (exact) mass is 252 g/mol. The lowest BCUT2D eigenvalue weighted by atomic mass is 10.2. The number of nitrogens with zero attached hydrogens (tertiary/aromatic N) is 1. The molecule has 0 aliphatic heterocycles. The van der Waals surface area contributed by atoms with E-state index in [1.54, 1.807) is 0 Å². The zero-order chi connectivity index (χ0) is 12.3. The van der Waals surface area contributed by atoms with Crippen LogP contribution in [0.4, 0.5) is 15.8 Å². The van der Waals surface area contributed by atoms with Crippen molar-refractivity contribution in [2.24, 2.45) is 0 Å². The van der Waals surface area contributed by atoms with Gasteiger partial charge in [0.25, 0.3) is 5.69 Å². The molecule has 0 atom stereocenters. The zero-order valence-electron chi connectivity index (χ0n) is 8.72. The van der Waals surface area contributed by atoms with Crippen LogP contribution in [0.15, 0.2) is 35.7 Å². The summed E-state index contributed by atoms with van der Waals surface area (Å²) in [5.41, 5.74) is -0.313. The minimum absolute atomic E-state index is 0.0640. The molecule has 0 spiro atoms. The molecule has 88 valence electrons. The average Bonchev–Trinajstić information content (AvgIpc) is 2.80. The van der Waals surface area contributed by atoms with E-state index in [0.29, 0.717) is 6.54 Å². The molecular formula is C11H9FN2O2S. The minimum Gasteiger partial charge on any atom is -0.372 e. The molecule has 2 aromatic rings. The van der Waals surface area contributed by atoms with E-state index in [1.165, 1.54) is 29.5 Å². The number of nitro groups is 1. The molecule has 4 nitrogen and oxygen atoms in total. The van der Waals surface area contributed by atoms with Crippen molar-refractivity contribution >= 4 is 22.7 Å². The molecule has 1 aromatic carbocycles. The molecule has 0 amide bonds. The van der Waals surface area contributed by atoms with Gasteiger partial charge in [0.15, 0.2) is 5.82 Å². The molecule has 0 radical (unpaired) electrons. The van der Waals surface area contributed by atoms with Crippen LogP contribution in [0.3, 0.4) is 0 Å². The summed E-state index contributed by atoms with van der Waals surface area (Å²) in [6.45, 7) is 0.374. The molecule has 6 heteroatoms. The van der Waals surface area contributed by atoms with E-state index >= 15 is 0 Å². The Bertz CT molecular complexity index is 528. The predicted molar refractivity (Wildman–Crippen MR) is 64.7 cm³/mol. The maximum absolute atomic E-state index is 13.5. The van der Waals surface area contributed by atoms with Crippen molar-refractivity contribution in [3.8, 4) is 0 Å². The number of rotatable bonds is 4. The van der Waals surface area contributed by atoms with Gasteiger partial charge in [-0.2, -0.15) is 0 Å². The predicted octanol–water partition coefficient (Wildman–Crippen LogP) is 3.41. The molecule has 0 saturated carbocycles. The van der Waals surface area contributed by atoms with E-state index < -0.39 is 10.7 Å². The Kier molecular flexibility index (Phi) is 3.34. The van der Waals surface area contributed by atoms with Gasteiger partial charge in [0, 0.05) is 17.5 Å². The molecule has 1 N–H and O–H groups in total. The van der Waals surface area contributed by atoms with Crippen molar-refractivity contribution in [1.82, 2.24) is 0 Å². The van der Waals surface area contributed by atoms with Gasteiger partial charge in [0.2, 0.25) is 0 Å². The Morgan fingerprint density at radius 1 is 1.35 bits per heavy atom. The van der Waals surface area contributed by atoms with E-state index in [2.05, 4.69) is 5.32 Å². The standard InChI is InChI=1S/C11H9FN2O2S/c12-9-4-1-5-10(14(15)16)11(9)13-7-8-3-2-6-17-8/h1-6,13H,7H2. The first-order chi connectivity index (χ1) is 8.18. The van der Waals surface area contributed by atoms with Gasteiger partial charge in [-0.25, -0.2) is 4.39 Å². The number of hydrogen-bond donors (Lipinski definition) is 1. The molecule has 2 rings (SSSR count). The number of benzene rings is 1. The first kappa shape index (κ1) is 11.5. The van der Waals surface area contributed by atoms with Gasteiger partial charge in [0.1, 0.15) is 5.69 Å². The summed E-state index contributed by atoms with van der Waals surface area (Å²) >= 11 is 1.51. The highest BCUT2D eigenvalue weighted by Gasteiger charge is 2.17. The smallest absolute Gasteiger partial charge is 0.295 e. The highest BCUT2D eigenvalue weighted by Crippen LogP contribution is 2.27. The fraction of sp³-hybridized carbons (Fsp3) is 0.0909. The summed E-state index contributed by atoms with van der Waals surface area (Å²) in [5, 5.41) is 15.4. The summed E-state index contributed by atoms with van der Waals surface area (Å²) in [6.07, 6.45) is 0. The minimum atomic E-state index is -0.615. The number of para-hydroxylation sites is 1. The highest BCUT2D eigenvalue weighted by molar-refractivity contribution is 7.09. The molecule has 1 aromatic heterocycles. The van der Waals surface area contributed by atoms with E-state index in [0.717, 1.165) is 4.88 Å². The molecule has 1 heterocycles. The van der Waals surface area contributed by atoms with Crippen LogP contribution in [0, 0.1) is 15.9 Å². The van der Waals surface area contributed by atoms with Gasteiger partial charge in [-0.05, 0) is 17.5 Å². The topological polar surface area (TPSA) is 55.2 Å². The maximum Gasteiger partial charge on any atom is 0.295 e. The molecule has 0 unspecified atom stereocenters. The lowest BCUT2D eigenvalue weighted by molar-refractivity contribution is -0.384. The van der Waals surface area contributed by atoms with Crippen LogP contribution in [0.2, 0.25) is 0 Å². The van der Waals surface area contributed by atoms with Gasteiger partial charge in [-0.3, -0.25) is 10.1 Å². The second kappa shape index (κ2) is 4.92. The lowest BCUT2D eigenvalue weighted by Crippen LogP contribution is -2.03. The van der Waals surface area contributed by atoms with Crippen molar-refractivity contribution in [3.63, 3.8) is 0 Å². The summed E-state index contributed by atoms with van der Waals surface area (Å²) in [6, 6.07) is 7.55. The molecule has 0 fully saturated rings. The van der Waals surface area contributed by atoms with E-state index in [9.17, 15) is 14.5 Å². The number of hydrogen-bond acceptors (Lipinski definition) is 4. The van der Waals surface area contributed by atoms with Crippen LogP contribution in [-0.4, -0.2) is 4.92 Å². The molecular weight excluding hydrogens is 243 g/mol. The Morgan fingerprint density at radius 2 is 2.18 bits per heavy atom. The SMILES string of the molecule is O=[N+]([O-])c1cccc(F)c1NCc1cccs1. The molecule has 0 bridgehead atoms. The third kappa shape index (κ3) is 2.59. The maximum atomic E-state index is 13.5. The van der Waals surface area contributed by atoms with Crippen LogP contribution < -0.4 is 5.32 Å². The summed E-state index contributed by atoms with van der Waals surface area (Å²) in [4.78, 5) is 11.1. The van der Waals surface area contributed by atoms with Crippen LogP contribution >= 0.6 is 11.3 Å². The Hall–Kier alpha value is -1.95. The molecule has 0 saturated heterocycles. The largest absolute Gasteiger partial charge is 0.372 e. The summed E-state index contributed by atoms with van der Waals surface area (Å²) in [5.74, 6) is -0.615. The summed E-state index contributed by atoms with van der Waals surface area (Å²) in [7, 11) is 0. The fourth-order valence-electron chi connectivity index (χ4n) is 1.43. The number of nitrogens with one attached hydrogen (secondary N) is 1. The van der Waals surface area contributed by atoms with Crippen LogP contribution in [0.5, 0.6) is 0 Å². The first-order valence-electron chi connectivity index (χ1n) is 4.87. The zero-order valence-corrected chi connectivity index (χ0v) is 9.54. The second-order valence-corrected chi connectivity index (χ2v) is 4.36. The van der Waals surface area contributed by atoms with Crippen molar-refractivity contribution in [1.29, 1.82) is 0 Å². The Balaban J connectivity index is 2.22. The van der Waals surface area contributed by atoms with Crippen molar-refractivity contribution in [2.75, 3.05) is 5.32 Å². The van der Waals surface area contributed by atoms with E-state index in [-0.39, 0.29) is 11.4 Å². The van der Waals surface area contributed by atoms with Crippen molar-refractivity contribution in [3.05, 3.63) is 56.5 Å². The quantitative estimate of drug-likeness (QED) is 0.670. The average molecular weight is 252 g/mol. The normalized spacial score (nSPS) is 10.2. The number of thiophene rings is 1. The van der Waals surface area contributed by atoms with Crippen molar-refractivity contribution < 1.29 is 9.31 Å². The third-order valence-electron chi connectivity index (χ3n) is 2.21. The first-order valence-corrected chi connectivity index (χ1v) is 5.75. The van der Waals surface area contributed by atoms with Gasteiger partial charge in [-0.1, -0.05) is 12.1 Å². The van der Waals surface area contributed by atoms with E-state index in [4.69, 9.17) is 0 Å². The second-order valence-electron chi connectivity index (χ2n) is 3.32. The number of nitro benzene ring substituents is 1. The Labute approximate surface area is 101 Å². The van der Waals surface area contributed by atoms with Gasteiger partial charge in [0.05, 0.1) is 4.92 Å². The molecule has 0 aliphatic rings. The van der Waals surface area contributed by atoms with Crippen molar-refractivity contribution in [2.45, 2.75) is 6.54 Å². The van der Waals surface area contributed by atoms with Crippen LogP contribution in [0.1, 0.15) is 4.88 Å². The van der Waals surface area contributed by atoms with Gasteiger partial charge in [-0.15, -0.1) is 11.3 Å². The summed E-state index contributed by atoms with van der Waals surface area (Å²) < 4.78 is 13.5. The molecule has 17 heavy (non-hydrogen) atoms. The highest BCUT2D eigenvalue weighted by atomic mass is 32.1. The fourth-order valence-corrected chi connectivity index (χ4v) is 2.07. The van der Waals surface area contributed by atoms with Gasteiger partial charge >= 0.3 is 0 Å². The van der Waals surface area contributed by atoms with Gasteiger partial charge < -0.3 is 5.32 Å². The number of anilines is 1. The Morgan fingerprint density at radius 3 is 2.82 bits per heavy atom. The van der Waals surface area contributed by atoms with E-state index in [1.807, 2.05) is 17.5 Å². The van der Waals surface area contributed by atoms with Crippen LogP contribution in [-0.2, 0) is 6.54 Å². The third-order valence-corrected chi connectivity index (χ3v) is 3.08. The molecule has 0 aliphatic carbocycles. The number of halogens is 1.